The Morgan fingerprint density at radius 3 is 1.85 bits per heavy atom. The van der Waals surface area contributed by atoms with E-state index in [1.54, 1.807) is 97.0 Å². The molecular weight excluding hydrogens is 955 g/mol. The number of carbonyl (C=O) groups is 6. The van der Waals surface area contributed by atoms with Crippen LogP contribution in [0.3, 0.4) is 0 Å². The van der Waals surface area contributed by atoms with Crippen LogP contribution in [0.4, 0.5) is 4.79 Å². The van der Waals surface area contributed by atoms with Crippen LogP contribution in [0, 0.1) is 11.3 Å². The first-order valence-corrected chi connectivity index (χ1v) is 30.3. The Labute approximate surface area is 428 Å². The normalized spacial score (nSPS) is 23.2. The van der Waals surface area contributed by atoms with Gasteiger partial charge in [-0.1, -0.05) is 104 Å². The predicted octanol–water partition coefficient (Wildman–Crippen LogP) is 9.80. The Kier molecular flexibility index (Phi) is 20.0. The molecule has 3 N–H and O–H groups in total. The summed E-state index contributed by atoms with van der Waals surface area (Å²) in [4.78, 5) is 85.2. The molecule has 396 valence electrons. The Bertz CT molecular complexity index is 2330. The molecule has 0 aromatic heterocycles. The second-order valence-corrected chi connectivity index (χ2v) is 30.0. The van der Waals surface area contributed by atoms with Crippen LogP contribution in [0.1, 0.15) is 125 Å². The maximum Gasteiger partial charge on any atom is 0.408 e. The third-order valence-corrected chi connectivity index (χ3v) is 24.2. The van der Waals surface area contributed by atoms with Crippen molar-refractivity contribution in [3.05, 3.63) is 106 Å². The van der Waals surface area contributed by atoms with Gasteiger partial charge in [-0.05, 0) is 112 Å². The number of carbonyl (C=O) groups excluding carboxylic acids is 6. The number of fused-ring (bicyclic) bond motifs is 2. The molecule has 4 rings (SSSR count). The molecule has 0 fully saturated rings. The Hall–Kier alpha value is -5.21. The fourth-order valence-corrected chi connectivity index (χ4v) is 15.8. The molecule has 2 aromatic carbocycles. The maximum absolute atomic E-state index is 16.0. The molecule has 17 heteroatoms. The van der Waals surface area contributed by atoms with Crippen molar-refractivity contribution >= 4 is 52.7 Å². The fraction of sp³-hybridized carbons (Fsp3) is 0.564. The summed E-state index contributed by atoms with van der Waals surface area (Å²) in [5.74, 6) is -5.21. The Morgan fingerprint density at radius 1 is 0.819 bits per heavy atom. The number of ether oxygens (including phenoxy) is 4. The van der Waals surface area contributed by atoms with Crippen molar-refractivity contribution in [2.45, 2.75) is 181 Å². The number of amides is 1. The van der Waals surface area contributed by atoms with Gasteiger partial charge in [-0.3, -0.25) is 14.4 Å². The summed E-state index contributed by atoms with van der Waals surface area (Å²) >= 11 is 0. The summed E-state index contributed by atoms with van der Waals surface area (Å²) in [6.07, 6.45) is -3.52. The van der Waals surface area contributed by atoms with E-state index in [4.69, 9.17) is 27.8 Å². The van der Waals surface area contributed by atoms with Crippen LogP contribution in [0.5, 0.6) is 0 Å². The van der Waals surface area contributed by atoms with Crippen molar-refractivity contribution < 1.29 is 66.8 Å². The van der Waals surface area contributed by atoms with E-state index in [0.29, 0.717) is 48.1 Å². The molecule has 2 aliphatic carbocycles. The molecule has 0 heterocycles. The minimum Gasteiger partial charge on any atom is -0.541 e. The van der Waals surface area contributed by atoms with E-state index in [1.807, 2.05) is 41.5 Å². The van der Waals surface area contributed by atoms with Gasteiger partial charge in [0.2, 0.25) is 5.78 Å². The zero-order valence-electron chi connectivity index (χ0n) is 44.8. The van der Waals surface area contributed by atoms with Gasteiger partial charge in [-0.25, -0.2) is 14.4 Å². The van der Waals surface area contributed by atoms with Gasteiger partial charge in [0.1, 0.15) is 29.7 Å². The summed E-state index contributed by atoms with van der Waals surface area (Å²) < 4.78 is 39.1. The summed E-state index contributed by atoms with van der Waals surface area (Å²) in [5.41, 5.74) is -6.34. The number of nitrogens with one attached hydrogen (secondary N) is 1. The van der Waals surface area contributed by atoms with Crippen LogP contribution in [-0.2, 0) is 47.0 Å². The van der Waals surface area contributed by atoms with E-state index in [-0.39, 0.29) is 28.0 Å². The van der Waals surface area contributed by atoms with E-state index in [0.717, 1.165) is 19.1 Å². The van der Waals surface area contributed by atoms with Crippen molar-refractivity contribution in [3.63, 3.8) is 0 Å². The standard InChI is InChI=1S/C55H79NO14Si2/c1-15-71(16-2,17-3)69-46-37(8)43(54(35-58,32-27-33-57)67-38(9)59)48(66-49(61)40-30-25-22-26-31-40)55(64)34-41(36(7)42(45(46)60)53(55,13)14)65-50(62)47(70-72(18-4,19-5)20-6)44(39-28-23-21-24-29-39)56-51(63)68-52(10,11)12/h21-33,41,43-44,47-48,58,64H,15-20,34-35H2,1-14H3,(H,56,63)/b32-27+,46-37+/t41-,43+,44-,47+,48-,54+,55+/m0/s1. The lowest BCUT2D eigenvalue weighted by molar-refractivity contribution is -0.209. The number of allylic oxidation sites excluding steroid dienone is 2. The monoisotopic (exact) mass is 1030 g/mol. The third kappa shape index (κ3) is 12.6. The van der Waals surface area contributed by atoms with Gasteiger partial charge in [-0.2, -0.15) is 0 Å². The average molecular weight is 1030 g/mol. The second-order valence-electron chi connectivity index (χ2n) is 20.6. The van der Waals surface area contributed by atoms with Gasteiger partial charge in [-0.15, -0.1) is 0 Å². The molecule has 2 aliphatic rings. The number of hydrogen-bond donors (Lipinski definition) is 3. The molecule has 7 atom stereocenters. The van der Waals surface area contributed by atoms with Crippen LogP contribution >= 0.6 is 0 Å². The highest BCUT2D eigenvalue weighted by Crippen LogP contribution is 2.57. The first kappa shape index (κ1) is 59.4. The summed E-state index contributed by atoms with van der Waals surface area (Å²) in [5, 5.41) is 28.5. The van der Waals surface area contributed by atoms with Gasteiger partial charge in [0, 0.05) is 24.3 Å². The third-order valence-electron chi connectivity index (χ3n) is 15.1. The summed E-state index contributed by atoms with van der Waals surface area (Å²) in [6, 6.07) is 19.2. The molecule has 0 spiro atoms. The molecule has 0 saturated carbocycles. The molecule has 0 saturated heterocycles. The van der Waals surface area contributed by atoms with Gasteiger partial charge in [0.25, 0.3) is 8.32 Å². The van der Waals surface area contributed by atoms with Crippen molar-refractivity contribution in [2.24, 2.45) is 11.3 Å². The number of ketones is 1. The minimum atomic E-state index is -2.84. The van der Waals surface area contributed by atoms with Gasteiger partial charge >= 0.3 is 24.0 Å². The summed E-state index contributed by atoms with van der Waals surface area (Å²) in [7, 11) is -5.60. The Morgan fingerprint density at radius 2 is 1.36 bits per heavy atom. The summed E-state index contributed by atoms with van der Waals surface area (Å²) in [6.45, 7) is 23.6. The molecule has 0 unspecified atom stereocenters. The van der Waals surface area contributed by atoms with E-state index in [9.17, 15) is 29.4 Å². The van der Waals surface area contributed by atoms with E-state index < -0.39 is 112 Å². The number of benzene rings is 2. The number of aldehydes is 1. The van der Waals surface area contributed by atoms with Crippen molar-refractivity contribution in [1.29, 1.82) is 0 Å². The van der Waals surface area contributed by atoms with Crippen molar-refractivity contribution in [3.8, 4) is 0 Å². The lowest BCUT2D eigenvalue weighted by atomic mass is 9.54. The molecule has 72 heavy (non-hydrogen) atoms. The largest absolute Gasteiger partial charge is 0.541 e. The maximum atomic E-state index is 16.0. The first-order chi connectivity index (χ1) is 33.8. The SMILES string of the molecule is CC[Si](CC)(CC)O/C1=C(\C)[C@@H]([C@@](/C=C/C=O)(CO)OC(C)=O)[C@H](OC(=O)c2ccccc2)[C@]2(O)C[C@H](OC(=O)[C@H](O[Si](CC)(CC)CC)[C@@H](NC(=O)OC(C)(C)C)c3ccccc3)C(C)=C(C1=O)C2(C)C. The lowest BCUT2D eigenvalue weighted by Gasteiger charge is -2.57. The molecule has 15 nitrogen and oxygen atoms in total. The molecule has 0 radical (unpaired) electrons. The van der Waals surface area contributed by atoms with Crippen molar-refractivity contribution in [1.82, 2.24) is 5.32 Å². The van der Waals surface area contributed by atoms with Crippen molar-refractivity contribution in [2.75, 3.05) is 6.61 Å². The first-order valence-electron chi connectivity index (χ1n) is 25.3. The average Bonchev–Trinajstić information content (AvgIpc) is 3.34. The molecule has 2 bridgehead atoms. The highest BCUT2D eigenvalue weighted by atomic mass is 28.4. The predicted molar refractivity (Wildman–Crippen MR) is 278 cm³/mol. The second kappa shape index (κ2) is 24.2. The smallest absolute Gasteiger partial charge is 0.408 e. The number of rotatable bonds is 22. The van der Waals surface area contributed by atoms with Gasteiger partial charge in [0.05, 0.1) is 24.1 Å². The van der Waals surface area contributed by atoms with E-state index >= 15 is 9.59 Å². The number of Topliss-reactive ketones (excluding diaryl/α,β-unsaturated/α-hetero) is 1. The number of hydrogen-bond acceptors (Lipinski definition) is 14. The van der Waals surface area contributed by atoms with Crippen LogP contribution in [-0.4, -0.2) is 105 Å². The fourth-order valence-electron chi connectivity index (χ4n) is 10.4. The van der Waals surface area contributed by atoms with Crippen LogP contribution in [0.25, 0.3) is 0 Å². The van der Waals surface area contributed by atoms with Crippen LogP contribution in [0.15, 0.2) is 95.3 Å². The number of esters is 3. The van der Waals surface area contributed by atoms with Gasteiger partial charge < -0.3 is 43.3 Å². The number of aliphatic hydroxyl groups is 2. The zero-order valence-corrected chi connectivity index (χ0v) is 46.8. The quantitative estimate of drug-likeness (QED) is 0.0330. The van der Waals surface area contributed by atoms with Crippen LogP contribution < -0.4 is 5.32 Å². The topological polar surface area (TPSA) is 210 Å². The minimum absolute atomic E-state index is 0.0164. The molecular formula is C55H79NO14Si2. The zero-order chi connectivity index (χ0) is 54.0. The molecule has 1 amide bonds. The lowest BCUT2D eigenvalue weighted by Crippen LogP contribution is -2.68. The number of aliphatic hydroxyl groups excluding tert-OH is 1. The molecule has 0 aliphatic heterocycles. The van der Waals surface area contributed by atoms with Gasteiger partial charge in [0.15, 0.2) is 25.8 Å². The Balaban J connectivity index is 2.17. The highest BCUT2D eigenvalue weighted by molar-refractivity contribution is 6.74. The van der Waals surface area contributed by atoms with E-state index in [1.165, 1.54) is 12.1 Å². The highest BCUT2D eigenvalue weighted by Gasteiger charge is 2.66. The number of alkyl carbamates (subject to hydrolysis) is 1. The van der Waals surface area contributed by atoms with E-state index in [2.05, 4.69) is 5.32 Å². The van der Waals surface area contributed by atoms with Crippen LogP contribution in [0.2, 0.25) is 36.3 Å². The molecule has 2 aromatic rings.